The van der Waals surface area contributed by atoms with E-state index in [1.54, 1.807) is 19.9 Å². The number of ether oxygens (including phenoxy) is 1. The smallest absolute Gasteiger partial charge is 0.347 e. The van der Waals surface area contributed by atoms with Gasteiger partial charge in [0.05, 0.1) is 7.11 Å². The maximum absolute atomic E-state index is 12.0. The average molecular weight is 307 g/mol. The molecule has 1 aromatic rings. The first kappa shape index (κ1) is 16.2. The maximum atomic E-state index is 12.0. The number of carbonyl (C=O) groups is 2. The van der Waals surface area contributed by atoms with E-state index in [0.717, 1.165) is 18.5 Å². The van der Waals surface area contributed by atoms with E-state index in [-0.39, 0.29) is 30.5 Å². The highest BCUT2D eigenvalue weighted by Crippen LogP contribution is 2.33. The molecule has 0 bridgehead atoms. The van der Waals surface area contributed by atoms with Gasteiger partial charge in [0, 0.05) is 24.4 Å². The van der Waals surface area contributed by atoms with Gasteiger partial charge in [-0.1, -0.05) is 0 Å². The highest BCUT2D eigenvalue weighted by Gasteiger charge is 2.37. The number of nitrogens with zero attached hydrogens (tertiary/aromatic N) is 2. The van der Waals surface area contributed by atoms with Crippen molar-refractivity contribution in [1.82, 2.24) is 14.9 Å². The second kappa shape index (κ2) is 6.72. The number of rotatable bonds is 6. The van der Waals surface area contributed by atoms with Crippen LogP contribution in [0.15, 0.2) is 10.9 Å². The summed E-state index contributed by atoms with van der Waals surface area (Å²) in [4.78, 5) is 39.3. The Kier molecular flexibility index (Phi) is 4.95. The maximum Gasteiger partial charge on any atom is 0.347 e. The van der Waals surface area contributed by atoms with Crippen LogP contribution in [0.4, 0.5) is 0 Å². The molecule has 1 fully saturated rings. The number of methoxy groups -OCH3 is 1. The van der Waals surface area contributed by atoms with Crippen molar-refractivity contribution in [3.63, 3.8) is 0 Å². The Hall–Kier alpha value is -2.18. The van der Waals surface area contributed by atoms with E-state index in [0.29, 0.717) is 5.69 Å². The van der Waals surface area contributed by atoms with E-state index < -0.39 is 12.0 Å². The number of aryl methyl sites for hydroxylation is 2. The zero-order valence-corrected chi connectivity index (χ0v) is 13.1. The van der Waals surface area contributed by atoms with Crippen molar-refractivity contribution in [3.8, 4) is 0 Å². The summed E-state index contributed by atoms with van der Waals surface area (Å²) in [6.45, 7) is 3.79. The largest absolute Gasteiger partial charge is 0.467 e. The van der Waals surface area contributed by atoms with Crippen LogP contribution in [0.1, 0.15) is 30.7 Å². The van der Waals surface area contributed by atoms with Crippen LogP contribution < -0.4 is 11.0 Å². The minimum atomic E-state index is -0.577. The van der Waals surface area contributed by atoms with Crippen LogP contribution >= 0.6 is 0 Å². The summed E-state index contributed by atoms with van der Waals surface area (Å²) in [5, 5.41) is 2.70. The molecule has 0 unspecified atom stereocenters. The van der Waals surface area contributed by atoms with Gasteiger partial charge in [0.2, 0.25) is 5.91 Å². The second-order valence-electron chi connectivity index (χ2n) is 5.63. The van der Waals surface area contributed by atoms with Gasteiger partial charge >= 0.3 is 11.7 Å². The predicted molar refractivity (Wildman–Crippen MR) is 79.3 cm³/mol. The van der Waals surface area contributed by atoms with Gasteiger partial charge in [-0.2, -0.15) is 4.98 Å². The molecule has 1 saturated carbocycles. The summed E-state index contributed by atoms with van der Waals surface area (Å²) in [7, 11) is 1.31. The molecule has 22 heavy (non-hydrogen) atoms. The molecule has 7 nitrogen and oxygen atoms in total. The quantitative estimate of drug-likeness (QED) is 0.764. The third-order valence-electron chi connectivity index (χ3n) is 3.77. The first-order chi connectivity index (χ1) is 10.4. The van der Waals surface area contributed by atoms with Gasteiger partial charge in [-0.25, -0.2) is 9.59 Å². The SMILES string of the molecule is COC(=O)[C@@H](NC(=O)CCn1c(C)cc(C)nc1=O)C1CC1. The van der Waals surface area contributed by atoms with Crippen molar-refractivity contribution in [1.29, 1.82) is 0 Å². The Morgan fingerprint density at radius 1 is 1.45 bits per heavy atom. The molecule has 1 aromatic heterocycles. The molecule has 0 spiro atoms. The molecule has 0 saturated heterocycles. The third kappa shape index (κ3) is 3.93. The lowest BCUT2D eigenvalue weighted by Gasteiger charge is -2.16. The molecule has 120 valence electrons. The molecule has 1 aliphatic rings. The zero-order valence-electron chi connectivity index (χ0n) is 13.1. The van der Waals surface area contributed by atoms with Gasteiger partial charge < -0.3 is 10.1 Å². The Morgan fingerprint density at radius 2 is 2.14 bits per heavy atom. The second-order valence-corrected chi connectivity index (χ2v) is 5.63. The van der Waals surface area contributed by atoms with Gasteiger partial charge in [-0.3, -0.25) is 9.36 Å². The molecule has 1 N–H and O–H groups in total. The number of esters is 1. The van der Waals surface area contributed by atoms with E-state index in [1.165, 1.54) is 11.7 Å². The standard InChI is InChI=1S/C15H21N3O4/c1-9-8-10(2)18(15(21)16-9)7-6-12(19)17-13(11-4-5-11)14(20)22-3/h8,11,13H,4-7H2,1-3H3,(H,17,19)/t13-/m0/s1. The first-order valence-electron chi connectivity index (χ1n) is 7.34. The normalized spacial score (nSPS) is 15.2. The van der Waals surface area contributed by atoms with E-state index in [4.69, 9.17) is 4.74 Å². The zero-order chi connectivity index (χ0) is 16.3. The molecular weight excluding hydrogens is 286 g/mol. The van der Waals surface area contributed by atoms with Crippen molar-refractivity contribution in [2.75, 3.05) is 7.11 Å². The minimum Gasteiger partial charge on any atom is -0.467 e. The van der Waals surface area contributed by atoms with Crippen molar-refractivity contribution >= 4 is 11.9 Å². The molecule has 0 aromatic carbocycles. The fraction of sp³-hybridized carbons (Fsp3) is 0.600. The average Bonchev–Trinajstić information content (AvgIpc) is 3.27. The van der Waals surface area contributed by atoms with Crippen molar-refractivity contribution < 1.29 is 14.3 Å². The van der Waals surface area contributed by atoms with Gasteiger partial charge in [0.1, 0.15) is 6.04 Å². The predicted octanol–water partition coefficient (Wildman–Crippen LogP) is 0.318. The highest BCUT2D eigenvalue weighted by atomic mass is 16.5. The summed E-state index contributed by atoms with van der Waals surface area (Å²) in [5.74, 6) is -0.516. The van der Waals surface area contributed by atoms with E-state index >= 15 is 0 Å². The van der Waals surface area contributed by atoms with Crippen LogP contribution in [-0.2, 0) is 20.9 Å². The lowest BCUT2D eigenvalue weighted by molar-refractivity contribution is -0.145. The molecular formula is C15H21N3O4. The molecule has 1 atom stereocenters. The number of nitrogens with one attached hydrogen (secondary N) is 1. The number of aromatic nitrogens is 2. The van der Waals surface area contributed by atoms with Crippen LogP contribution in [0.3, 0.4) is 0 Å². The monoisotopic (exact) mass is 307 g/mol. The van der Waals surface area contributed by atoms with Gasteiger partial charge in [0.25, 0.3) is 0 Å². The number of hydrogen-bond donors (Lipinski definition) is 1. The van der Waals surface area contributed by atoms with Crippen LogP contribution in [0.5, 0.6) is 0 Å². The highest BCUT2D eigenvalue weighted by molar-refractivity contribution is 5.84. The minimum absolute atomic E-state index is 0.117. The lowest BCUT2D eigenvalue weighted by atomic mass is 10.2. The van der Waals surface area contributed by atoms with Gasteiger partial charge in [0.15, 0.2) is 0 Å². The topological polar surface area (TPSA) is 90.3 Å². The van der Waals surface area contributed by atoms with E-state index in [1.807, 2.05) is 0 Å². The summed E-state index contributed by atoms with van der Waals surface area (Å²) < 4.78 is 6.17. The fourth-order valence-electron chi connectivity index (χ4n) is 2.43. The third-order valence-corrected chi connectivity index (χ3v) is 3.77. The van der Waals surface area contributed by atoms with Crippen LogP contribution in [0, 0.1) is 19.8 Å². The summed E-state index contributed by atoms with van der Waals surface area (Å²) in [6, 6.07) is 1.22. The molecule has 0 aliphatic heterocycles. The fourth-order valence-corrected chi connectivity index (χ4v) is 2.43. The Bertz CT molecular complexity index is 634. The number of hydrogen-bond acceptors (Lipinski definition) is 5. The van der Waals surface area contributed by atoms with Crippen molar-refractivity contribution in [3.05, 3.63) is 27.9 Å². The molecule has 1 amide bonds. The van der Waals surface area contributed by atoms with Gasteiger partial charge in [-0.15, -0.1) is 0 Å². The summed E-state index contributed by atoms with van der Waals surface area (Å²) in [5.41, 5.74) is 1.05. The molecule has 7 heteroatoms. The summed E-state index contributed by atoms with van der Waals surface area (Å²) >= 11 is 0. The van der Waals surface area contributed by atoms with Crippen molar-refractivity contribution in [2.24, 2.45) is 5.92 Å². The van der Waals surface area contributed by atoms with Crippen LogP contribution in [0.2, 0.25) is 0 Å². The van der Waals surface area contributed by atoms with E-state index in [9.17, 15) is 14.4 Å². The van der Waals surface area contributed by atoms with Crippen LogP contribution in [-0.4, -0.2) is 34.6 Å². The Balaban J connectivity index is 1.95. The molecule has 1 aliphatic carbocycles. The van der Waals surface area contributed by atoms with Gasteiger partial charge in [-0.05, 0) is 38.7 Å². The van der Waals surface area contributed by atoms with Crippen molar-refractivity contribution in [2.45, 2.75) is 45.7 Å². The number of amides is 1. The molecule has 1 heterocycles. The number of carbonyl (C=O) groups excluding carboxylic acids is 2. The van der Waals surface area contributed by atoms with Crippen LogP contribution in [0.25, 0.3) is 0 Å². The first-order valence-corrected chi connectivity index (χ1v) is 7.34. The lowest BCUT2D eigenvalue weighted by Crippen LogP contribution is -2.43. The molecule has 0 radical (unpaired) electrons. The Labute approximate surface area is 128 Å². The molecule has 2 rings (SSSR count). The van der Waals surface area contributed by atoms with E-state index in [2.05, 4.69) is 10.3 Å². The Morgan fingerprint density at radius 3 is 2.68 bits per heavy atom. The summed E-state index contributed by atoms with van der Waals surface area (Å²) in [6.07, 6.45) is 1.95.